The summed E-state index contributed by atoms with van der Waals surface area (Å²) in [6.45, 7) is 0. The van der Waals surface area contributed by atoms with Gasteiger partial charge in [-0.2, -0.15) is 4.98 Å². The van der Waals surface area contributed by atoms with Crippen LogP contribution in [-0.4, -0.2) is 9.97 Å². The van der Waals surface area contributed by atoms with Crippen molar-refractivity contribution in [1.29, 1.82) is 0 Å². The Morgan fingerprint density at radius 3 is 2.88 bits per heavy atom. The normalized spacial score (nSPS) is 10.1. The number of nitrogens with two attached hydrogens (primary N) is 1. The second kappa shape index (κ2) is 4.94. The molecule has 0 radical (unpaired) electrons. The van der Waals surface area contributed by atoms with Crippen LogP contribution < -0.4 is 16.6 Å². The Morgan fingerprint density at radius 1 is 1.29 bits per heavy atom. The SMILES string of the molecule is NNc1nccc(Nc2cc(F)ccc2Cl)n1. The second-order valence-electron chi connectivity index (χ2n) is 3.16. The molecule has 0 atom stereocenters. The summed E-state index contributed by atoms with van der Waals surface area (Å²) in [6.07, 6.45) is 1.51. The van der Waals surface area contributed by atoms with E-state index in [1.807, 2.05) is 0 Å². The molecule has 0 aliphatic heterocycles. The van der Waals surface area contributed by atoms with Crippen LogP contribution in [0.15, 0.2) is 30.5 Å². The van der Waals surface area contributed by atoms with Gasteiger partial charge in [-0.1, -0.05) is 11.6 Å². The van der Waals surface area contributed by atoms with Gasteiger partial charge in [0.05, 0.1) is 10.7 Å². The van der Waals surface area contributed by atoms with Crippen molar-refractivity contribution in [3.05, 3.63) is 41.3 Å². The Labute approximate surface area is 102 Å². The van der Waals surface area contributed by atoms with Gasteiger partial charge in [-0.3, -0.25) is 5.43 Å². The maximum absolute atomic E-state index is 13.0. The summed E-state index contributed by atoms with van der Waals surface area (Å²) >= 11 is 5.91. The Kier molecular flexibility index (Phi) is 3.36. The Morgan fingerprint density at radius 2 is 2.12 bits per heavy atom. The van der Waals surface area contributed by atoms with Crippen LogP contribution in [-0.2, 0) is 0 Å². The minimum absolute atomic E-state index is 0.252. The molecular weight excluding hydrogens is 245 g/mol. The first-order valence-electron chi connectivity index (χ1n) is 4.71. The number of halogens is 2. The van der Waals surface area contributed by atoms with Crippen LogP contribution in [0.5, 0.6) is 0 Å². The first-order valence-corrected chi connectivity index (χ1v) is 5.08. The molecule has 0 spiro atoms. The predicted molar refractivity (Wildman–Crippen MR) is 64.5 cm³/mol. The van der Waals surface area contributed by atoms with Gasteiger partial charge in [0.15, 0.2) is 0 Å². The smallest absolute Gasteiger partial charge is 0.239 e. The minimum atomic E-state index is -0.386. The molecule has 0 bridgehead atoms. The quantitative estimate of drug-likeness (QED) is 0.578. The van der Waals surface area contributed by atoms with Gasteiger partial charge in [-0.15, -0.1) is 0 Å². The Bertz CT molecular complexity index is 534. The molecule has 0 saturated heterocycles. The lowest BCUT2D eigenvalue weighted by atomic mass is 10.3. The topological polar surface area (TPSA) is 75.9 Å². The number of benzene rings is 1. The number of hydrogen-bond acceptors (Lipinski definition) is 5. The average Bonchev–Trinajstić information content (AvgIpc) is 2.34. The van der Waals surface area contributed by atoms with E-state index >= 15 is 0 Å². The van der Waals surface area contributed by atoms with Crippen molar-refractivity contribution in [2.45, 2.75) is 0 Å². The van der Waals surface area contributed by atoms with Crippen molar-refractivity contribution in [1.82, 2.24) is 9.97 Å². The van der Waals surface area contributed by atoms with Crippen molar-refractivity contribution >= 4 is 29.1 Å². The largest absolute Gasteiger partial charge is 0.339 e. The molecule has 5 nitrogen and oxygen atoms in total. The highest BCUT2D eigenvalue weighted by Gasteiger charge is 2.04. The molecule has 0 aliphatic carbocycles. The zero-order chi connectivity index (χ0) is 12.3. The van der Waals surface area contributed by atoms with Crippen LogP contribution in [0.2, 0.25) is 5.02 Å². The maximum atomic E-state index is 13.0. The highest BCUT2D eigenvalue weighted by Crippen LogP contribution is 2.25. The minimum Gasteiger partial charge on any atom is -0.339 e. The summed E-state index contributed by atoms with van der Waals surface area (Å²) < 4.78 is 13.0. The maximum Gasteiger partial charge on any atom is 0.239 e. The van der Waals surface area contributed by atoms with E-state index in [1.54, 1.807) is 6.07 Å². The Hall–Kier alpha value is -1.92. The standard InChI is InChI=1S/C10H9ClFN5/c11-7-2-1-6(12)5-8(7)15-9-3-4-14-10(16-9)17-13/h1-5H,13H2,(H2,14,15,16,17). The number of hydrogen-bond donors (Lipinski definition) is 3. The van der Waals surface area contributed by atoms with Crippen LogP contribution in [0.25, 0.3) is 0 Å². The highest BCUT2D eigenvalue weighted by atomic mass is 35.5. The number of rotatable bonds is 3. The van der Waals surface area contributed by atoms with Crippen molar-refractivity contribution in [3.63, 3.8) is 0 Å². The molecule has 0 saturated carbocycles. The molecule has 88 valence electrons. The highest BCUT2D eigenvalue weighted by molar-refractivity contribution is 6.33. The summed E-state index contributed by atoms with van der Waals surface area (Å²) in [5.41, 5.74) is 2.73. The predicted octanol–water partition coefficient (Wildman–Crippen LogP) is 2.30. The van der Waals surface area contributed by atoms with E-state index in [-0.39, 0.29) is 11.8 Å². The summed E-state index contributed by atoms with van der Waals surface area (Å²) in [5.74, 6) is 5.50. The zero-order valence-electron chi connectivity index (χ0n) is 8.61. The average molecular weight is 254 g/mol. The monoisotopic (exact) mass is 253 g/mol. The van der Waals surface area contributed by atoms with Gasteiger partial charge >= 0.3 is 0 Å². The molecule has 0 aliphatic rings. The second-order valence-corrected chi connectivity index (χ2v) is 3.57. The van der Waals surface area contributed by atoms with Gasteiger partial charge in [0, 0.05) is 6.20 Å². The molecule has 4 N–H and O–H groups in total. The molecule has 0 amide bonds. The van der Waals surface area contributed by atoms with E-state index in [9.17, 15) is 4.39 Å². The van der Waals surface area contributed by atoms with E-state index in [1.165, 1.54) is 24.4 Å². The Balaban J connectivity index is 2.27. The van der Waals surface area contributed by atoms with Gasteiger partial charge in [-0.25, -0.2) is 15.2 Å². The molecule has 2 rings (SSSR count). The molecule has 0 fully saturated rings. The van der Waals surface area contributed by atoms with Gasteiger partial charge in [0.25, 0.3) is 0 Å². The number of anilines is 3. The molecule has 1 aromatic carbocycles. The fourth-order valence-electron chi connectivity index (χ4n) is 1.23. The van der Waals surface area contributed by atoms with E-state index < -0.39 is 0 Å². The van der Waals surface area contributed by atoms with Crippen LogP contribution in [0.3, 0.4) is 0 Å². The van der Waals surface area contributed by atoms with Crippen LogP contribution in [0, 0.1) is 5.82 Å². The lowest BCUT2D eigenvalue weighted by Crippen LogP contribution is -2.10. The first kappa shape index (κ1) is 11.6. The number of aromatic nitrogens is 2. The number of nitrogens with one attached hydrogen (secondary N) is 2. The molecular formula is C10H9ClFN5. The third-order valence-electron chi connectivity index (χ3n) is 1.98. The summed E-state index contributed by atoms with van der Waals surface area (Å²) in [7, 11) is 0. The molecule has 2 aromatic rings. The zero-order valence-corrected chi connectivity index (χ0v) is 9.37. The molecule has 1 aromatic heterocycles. The first-order chi connectivity index (χ1) is 8.19. The number of nitrogen functional groups attached to an aromatic ring is 1. The van der Waals surface area contributed by atoms with Gasteiger partial charge < -0.3 is 5.32 Å². The summed E-state index contributed by atoms with van der Waals surface area (Å²) in [6, 6.07) is 5.63. The number of nitrogens with zero attached hydrogens (tertiary/aromatic N) is 2. The van der Waals surface area contributed by atoms with Crippen LogP contribution >= 0.6 is 11.6 Å². The van der Waals surface area contributed by atoms with Crippen molar-refractivity contribution in [3.8, 4) is 0 Å². The third kappa shape index (κ3) is 2.80. The van der Waals surface area contributed by atoms with E-state index in [0.29, 0.717) is 16.5 Å². The van der Waals surface area contributed by atoms with Gasteiger partial charge in [0.2, 0.25) is 5.95 Å². The van der Waals surface area contributed by atoms with Crippen molar-refractivity contribution in [2.24, 2.45) is 5.84 Å². The van der Waals surface area contributed by atoms with E-state index in [2.05, 4.69) is 20.7 Å². The molecule has 17 heavy (non-hydrogen) atoms. The van der Waals surface area contributed by atoms with E-state index in [4.69, 9.17) is 17.4 Å². The fraction of sp³-hybridized carbons (Fsp3) is 0. The van der Waals surface area contributed by atoms with E-state index in [0.717, 1.165) is 0 Å². The summed E-state index contributed by atoms with van der Waals surface area (Å²) in [4.78, 5) is 7.86. The fourth-order valence-corrected chi connectivity index (χ4v) is 1.39. The van der Waals surface area contributed by atoms with Gasteiger partial charge in [-0.05, 0) is 24.3 Å². The van der Waals surface area contributed by atoms with Crippen molar-refractivity contribution in [2.75, 3.05) is 10.7 Å². The third-order valence-corrected chi connectivity index (χ3v) is 2.31. The van der Waals surface area contributed by atoms with Crippen molar-refractivity contribution < 1.29 is 4.39 Å². The van der Waals surface area contributed by atoms with Crippen LogP contribution in [0.1, 0.15) is 0 Å². The lowest BCUT2D eigenvalue weighted by Gasteiger charge is -2.08. The lowest BCUT2D eigenvalue weighted by molar-refractivity contribution is 0.628. The number of hydrazine groups is 1. The summed E-state index contributed by atoms with van der Waals surface area (Å²) in [5, 5.41) is 3.26. The van der Waals surface area contributed by atoms with Gasteiger partial charge in [0.1, 0.15) is 11.6 Å². The molecule has 1 heterocycles. The van der Waals surface area contributed by atoms with Crippen LogP contribution in [0.4, 0.5) is 21.8 Å². The molecule has 0 unspecified atom stereocenters. The molecule has 7 heteroatoms.